The van der Waals surface area contributed by atoms with Gasteiger partial charge in [0.25, 0.3) is 5.91 Å². The van der Waals surface area contributed by atoms with E-state index >= 15 is 0 Å². The van der Waals surface area contributed by atoms with Crippen molar-refractivity contribution in [3.63, 3.8) is 0 Å². The Hall–Kier alpha value is -2.37. The lowest BCUT2D eigenvalue weighted by Crippen LogP contribution is -2.22. The summed E-state index contributed by atoms with van der Waals surface area (Å²) in [6.07, 6.45) is 0. The molecule has 0 aliphatic heterocycles. The number of carbonyl (C=O) groups is 1. The molecule has 6 heteroatoms. The molecule has 2 aromatic carbocycles. The number of rotatable bonds is 6. The van der Waals surface area contributed by atoms with E-state index in [4.69, 9.17) is 16.0 Å². The number of hydrogen-bond acceptors (Lipinski definition) is 3. The van der Waals surface area contributed by atoms with E-state index in [1.807, 2.05) is 30.3 Å². The standard InChI is InChI=1S/C19H16ClNO3S/c20-15-6-9-17(10-7-15)25(23)13-16-8-11-18(24-16)19(22)21-12-14-4-2-1-3-5-14/h1-11H,12-13H2,(H,21,22)/t25-/m0/s1. The highest BCUT2D eigenvalue weighted by molar-refractivity contribution is 7.84. The third-order valence-corrected chi connectivity index (χ3v) is 5.13. The number of carbonyl (C=O) groups excluding carboxylic acids is 1. The molecule has 3 aromatic rings. The summed E-state index contributed by atoms with van der Waals surface area (Å²) in [6, 6.07) is 19.7. The van der Waals surface area contributed by atoms with Crippen molar-refractivity contribution in [3.05, 3.63) is 88.8 Å². The average Bonchev–Trinajstić information content (AvgIpc) is 3.09. The van der Waals surface area contributed by atoms with Crippen molar-refractivity contribution < 1.29 is 13.4 Å². The second-order valence-corrected chi connectivity index (χ2v) is 7.27. The van der Waals surface area contributed by atoms with Crippen LogP contribution < -0.4 is 5.32 Å². The summed E-state index contributed by atoms with van der Waals surface area (Å²) in [5.41, 5.74) is 1.01. The Morgan fingerprint density at radius 3 is 2.44 bits per heavy atom. The van der Waals surface area contributed by atoms with Crippen LogP contribution in [-0.4, -0.2) is 10.1 Å². The summed E-state index contributed by atoms with van der Waals surface area (Å²) in [5, 5.41) is 3.39. The minimum absolute atomic E-state index is 0.202. The number of amides is 1. The summed E-state index contributed by atoms with van der Waals surface area (Å²) in [5.74, 6) is 0.609. The predicted molar refractivity (Wildman–Crippen MR) is 97.9 cm³/mol. The van der Waals surface area contributed by atoms with Crippen LogP contribution in [0, 0.1) is 0 Å². The van der Waals surface area contributed by atoms with Gasteiger partial charge in [0.1, 0.15) is 5.76 Å². The molecule has 0 saturated heterocycles. The Balaban J connectivity index is 1.59. The molecule has 0 bridgehead atoms. The largest absolute Gasteiger partial charge is 0.455 e. The molecule has 0 spiro atoms. The minimum atomic E-state index is -1.26. The number of hydrogen-bond donors (Lipinski definition) is 1. The van der Waals surface area contributed by atoms with Gasteiger partial charge in [0.15, 0.2) is 5.76 Å². The second kappa shape index (κ2) is 8.14. The molecule has 1 heterocycles. The number of benzene rings is 2. The van der Waals surface area contributed by atoms with Gasteiger partial charge in [-0.1, -0.05) is 41.9 Å². The summed E-state index contributed by atoms with van der Waals surface area (Å²) in [6.45, 7) is 0.423. The molecule has 128 valence electrons. The first-order valence-electron chi connectivity index (χ1n) is 7.66. The molecule has 1 amide bonds. The molecule has 4 nitrogen and oxygen atoms in total. The molecule has 0 radical (unpaired) electrons. The first kappa shape index (κ1) is 17.5. The lowest BCUT2D eigenvalue weighted by Gasteiger charge is -2.03. The van der Waals surface area contributed by atoms with Crippen molar-refractivity contribution in [2.45, 2.75) is 17.2 Å². The van der Waals surface area contributed by atoms with E-state index in [0.29, 0.717) is 22.2 Å². The highest BCUT2D eigenvalue weighted by Crippen LogP contribution is 2.17. The lowest BCUT2D eigenvalue weighted by molar-refractivity contribution is 0.0921. The van der Waals surface area contributed by atoms with Crippen LogP contribution in [0.1, 0.15) is 21.9 Å². The monoisotopic (exact) mass is 373 g/mol. The summed E-state index contributed by atoms with van der Waals surface area (Å²) < 4.78 is 17.8. The predicted octanol–water partition coefficient (Wildman–Crippen LogP) is 4.17. The maximum Gasteiger partial charge on any atom is 0.287 e. The van der Waals surface area contributed by atoms with Crippen LogP contribution in [0.2, 0.25) is 5.02 Å². The van der Waals surface area contributed by atoms with Gasteiger partial charge in [-0.25, -0.2) is 0 Å². The zero-order valence-corrected chi connectivity index (χ0v) is 14.8. The number of nitrogens with one attached hydrogen (secondary N) is 1. The third-order valence-electron chi connectivity index (χ3n) is 3.53. The smallest absolute Gasteiger partial charge is 0.287 e. The Kier molecular flexibility index (Phi) is 5.68. The molecule has 0 aliphatic rings. The minimum Gasteiger partial charge on any atom is -0.455 e. The van der Waals surface area contributed by atoms with E-state index in [1.54, 1.807) is 36.4 Å². The third kappa shape index (κ3) is 4.81. The SMILES string of the molecule is O=C(NCc1ccccc1)c1ccc(C[S@](=O)c2ccc(Cl)cc2)o1. The fourth-order valence-electron chi connectivity index (χ4n) is 2.24. The van der Waals surface area contributed by atoms with E-state index in [-0.39, 0.29) is 17.4 Å². The maximum absolute atomic E-state index is 12.3. The molecule has 25 heavy (non-hydrogen) atoms. The summed E-state index contributed by atoms with van der Waals surface area (Å²) in [4.78, 5) is 12.8. The van der Waals surface area contributed by atoms with Crippen molar-refractivity contribution in [3.8, 4) is 0 Å². The molecule has 0 saturated carbocycles. The van der Waals surface area contributed by atoms with Crippen molar-refractivity contribution in [2.75, 3.05) is 0 Å². The van der Waals surface area contributed by atoms with Gasteiger partial charge in [-0.05, 0) is 42.0 Å². The van der Waals surface area contributed by atoms with Crippen LogP contribution in [0.4, 0.5) is 0 Å². The zero-order chi connectivity index (χ0) is 17.6. The van der Waals surface area contributed by atoms with Crippen LogP contribution in [0.25, 0.3) is 0 Å². The molecule has 1 N–H and O–H groups in total. The van der Waals surface area contributed by atoms with E-state index in [0.717, 1.165) is 5.56 Å². The van der Waals surface area contributed by atoms with Crippen LogP contribution in [0.5, 0.6) is 0 Å². The molecule has 1 atom stereocenters. The van der Waals surface area contributed by atoms with Gasteiger partial charge < -0.3 is 9.73 Å². The Morgan fingerprint density at radius 2 is 1.72 bits per heavy atom. The Labute approximate surface area is 153 Å². The summed E-state index contributed by atoms with van der Waals surface area (Å²) in [7, 11) is -1.26. The highest BCUT2D eigenvalue weighted by Gasteiger charge is 2.13. The van der Waals surface area contributed by atoms with E-state index in [1.165, 1.54) is 0 Å². The van der Waals surface area contributed by atoms with Crippen molar-refractivity contribution in [1.29, 1.82) is 0 Å². The van der Waals surface area contributed by atoms with Crippen LogP contribution in [0.3, 0.4) is 0 Å². The first-order valence-corrected chi connectivity index (χ1v) is 9.36. The van der Waals surface area contributed by atoms with Gasteiger partial charge in [0.05, 0.1) is 16.6 Å². The molecule has 0 aliphatic carbocycles. The van der Waals surface area contributed by atoms with E-state index in [2.05, 4.69) is 5.32 Å². The lowest BCUT2D eigenvalue weighted by atomic mass is 10.2. The quantitative estimate of drug-likeness (QED) is 0.705. The second-order valence-electron chi connectivity index (χ2n) is 5.38. The van der Waals surface area contributed by atoms with Gasteiger partial charge >= 0.3 is 0 Å². The first-order chi connectivity index (χ1) is 12.1. The average molecular weight is 374 g/mol. The van der Waals surface area contributed by atoms with Gasteiger partial charge in [-0.3, -0.25) is 9.00 Å². The van der Waals surface area contributed by atoms with Gasteiger partial charge in [-0.15, -0.1) is 0 Å². The van der Waals surface area contributed by atoms with Crippen molar-refractivity contribution >= 4 is 28.3 Å². The molecular formula is C19H16ClNO3S. The molecular weight excluding hydrogens is 358 g/mol. The fraction of sp³-hybridized carbons (Fsp3) is 0.105. The molecule has 0 unspecified atom stereocenters. The van der Waals surface area contributed by atoms with Crippen LogP contribution in [0.15, 0.2) is 76.0 Å². The van der Waals surface area contributed by atoms with E-state index < -0.39 is 10.8 Å². The van der Waals surface area contributed by atoms with Crippen LogP contribution in [-0.2, 0) is 23.1 Å². The molecule has 1 aromatic heterocycles. The van der Waals surface area contributed by atoms with Gasteiger partial charge in [0, 0.05) is 16.5 Å². The maximum atomic E-state index is 12.3. The molecule has 0 fully saturated rings. The highest BCUT2D eigenvalue weighted by atomic mass is 35.5. The number of halogens is 1. The van der Waals surface area contributed by atoms with Gasteiger partial charge in [-0.2, -0.15) is 0 Å². The molecule has 3 rings (SSSR count). The van der Waals surface area contributed by atoms with E-state index in [9.17, 15) is 9.00 Å². The Morgan fingerprint density at radius 1 is 1.00 bits per heavy atom. The van der Waals surface area contributed by atoms with Crippen LogP contribution >= 0.6 is 11.6 Å². The fourth-order valence-corrected chi connectivity index (χ4v) is 3.39. The normalized spacial score (nSPS) is 11.9. The van der Waals surface area contributed by atoms with Gasteiger partial charge in [0.2, 0.25) is 0 Å². The summed E-state index contributed by atoms with van der Waals surface area (Å²) >= 11 is 5.83. The Bertz CT molecular complexity index is 875. The van der Waals surface area contributed by atoms with Crippen molar-refractivity contribution in [1.82, 2.24) is 5.32 Å². The van der Waals surface area contributed by atoms with Crippen molar-refractivity contribution in [2.24, 2.45) is 0 Å². The zero-order valence-electron chi connectivity index (χ0n) is 13.3. The topological polar surface area (TPSA) is 59.3 Å². The number of furan rings is 1.